The van der Waals surface area contributed by atoms with E-state index >= 15 is 0 Å². The van der Waals surface area contributed by atoms with Crippen molar-refractivity contribution < 1.29 is 4.52 Å². The molecule has 0 radical (unpaired) electrons. The second kappa shape index (κ2) is 3.00. The molecule has 0 rings (SSSR count). The second-order valence-electron chi connectivity index (χ2n) is 0.939. The first-order chi connectivity index (χ1) is 3.06. The molecule has 1 atom stereocenters. The zero-order valence-electron chi connectivity index (χ0n) is 3.93. The van der Waals surface area contributed by atoms with Gasteiger partial charge in [0.2, 0.25) is 5.77 Å². The van der Waals surface area contributed by atoms with E-state index in [0.717, 1.165) is 0 Å². The topological polar surface area (TPSA) is 35.2 Å². The molecule has 0 aromatic rings. The number of halogens is 1. The lowest BCUT2D eigenvalue weighted by molar-refractivity contribution is 0.385. The average molecular weight is 160 g/mol. The number of nitrogens with two attached hydrogens (primary N) is 1. The van der Waals surface area contributed by atoms with Gasteiger partial charge in [-0.25, -0.2) is 0 Å². The van der Waals surface area contributed by atoms with E-state index < -0.39 is 5.77 Å². The van der Waals surface area contributed by atoms with Crippen LogP contribution < -0.4 is 5.50 Å². The van der Waals surface area contributed by atoms with Gasteiger partial charge in [-0.2, -0.15) is 0 Å². The van der Waals surface area contributed by atoms with Crippen molar-refractivity contribution in [3.8, 4) is 0 Å². The van der Waals surface area contributed by atoms with Crippen LogP contribution in [0.3, 0.4) is 0 Å². The molecule has 0 aliphatic rings. The van der Waals surface area contributed by atoms with Crippen LogP contribution in [0, 0.1) is 0 Å². The van der Waals surface area contributed by atoms with Gasteiger partial charge in [0.25, 0.3) is 0 Å². The molecule has 0 aromatic heterocycles. The maximum atomic E-state index is 5.31. The summed E-state index contributed by atoms with van der Waals surface area (Å²) in [5.41, 5.74) is 5.12. The zero-order valence-corrected chi connectivity index (χ0v) is 6.39. The Morgan fingerprint density at radius 2 is 2.43 bits per heavy atom. The van der Waals surface area contributed by atoms with E-state index in [-0.39, 0.29) is 0 Å². The number of hydrogen-bond acceptors (Lipinski definition) is 2. The van der Waals surface area contributed by atoms with Crippen molar-refractivity contribution in [2.45, 2.75) is 6.92 Å². The van der Waals surface area contributed by atoms with E-state index in [1.807, 2.05) is 0 Å². The molecule has 0 saturated carbocycles. The van der Waals surface area contributed by atoms with Crippen molar-refractivity contribution in [1.29, 1.82) is 0 Å². The van der Waals surface area contributed by atoms with Crippen molar-refractivity contribution in [2.24, 2.45) is 5.50 Å². The third-order valence-corrected chi connectivity index (χ3v) is 1.52. The van der Waals surface area contributed by atoms with E-state index in [4.69, 9.17) is 21.3 Å². The van der Waals surface area contributed by atoms with Gasteiger partial charge in [0, 0.05) is 0 Å². The van der Waals surface area contributed by atoms with Gasteiger partial charge in [-0.15, -0.1) is 0 Å². The Bertz CT molecular complexity index is 91.7. The fourth-order valence-electron chi connectivity index (χ4n) is 0.176. The lowest BCUT2D eigenvalue weighted by Gasteiger charge is -2.03. The van der Waals surface area contributed by atoms with Gasteiger partial charge in [0.1, 0.15) is 0 Å². The van der Waals surface area contributed by atoms with E-state index in [1.165, 1.54) is 0 Å². The molecule has 0 aliphatic carbocycles. The Kier molecular flexibility index (Phi) is 3.37. The Morgan fingerprint density at radius 1 is 2.00 bits per heavy atom. The summed E-state index contributed by atoms with van der Waals surface area (Å²) in [6, 6.07) is 0. The summed E-state index contributed by atoms with van der Waals surface area (Å²) >= 11 is 9.83. The summed E-state index contributed by atoms with van der Waals surface area (Å²) in [5, 5.41) is 0. The lowest BCUT2D eigenvalue weighted by Crippen LogP contribution is -1.90. The van der Waals surface area contributed by atoms with Crippen molar-refractivity contribution in [3.05, 3.63) is 0 Å². The molecule has 2 nitrogen and oxygen atoms in total. The molecule has 0 spiro atoms. The molecule has 0 amide bonds. The molecule has 44 valence electrons. The van der Waals surface area contributed by atoms with Crippen LogP contribution >= 0.6 is 17.0 Å². The molecule has 0 heterocycles. The van der Waals surface area contributed by atoms with Crippen molar-refractivity contribution >= 4 is 28.8 Å². The van der Waals surface area contributed by atoms with Crippen molar-refractivity contribution in [3.63, 3.8) is 0 Å². The Balaban J connectivity index is 3.36. The van der Waals surface area contributed by atoms with Crippen LogP contribution in [0.25, 0.3) is 0 Å². The van der Waals surface area contributed by atoms with Gasteiger partial charge in [-0.1, -0.05) is 0 Å². The van der Waals surface area contributed by atoms with Crippen LogP contribution in [0.4, 0.5) is 0 Å². The van der Waals surface area contributed by atoms with Crippen LogP contribution in [0.2, 0.25) is 0 Å². The van der Waals surface area contributed by atoms with E-state index in [0.29, 0.717) is 6.61 Å². The van der Waals surface area contributed by atoms with Crippen LogP contribution in [-0.4, -0.2) is 6.61 Å². The normalized spacial score (nSPS) is 18.7. The second-order valence-corrected chi connectivity index (χ2v) is 5.97. The minimum absolute atomic E-state index is 0.497. The fourth-order valence-corrected chi connectivity index (χ4v) is 1.14. The molecule has 5 heteroatoms. The molecular formula is C2H7ClNOPS. The molecular weight excluding hydrogens is 153 g/mol. The quantitative estimate of drug-likeness (QED) is 0.620. The Hall–Kier alpha value is 0.860. The Morgan fingerprint density at radius 3 is 2.43 bits per heavy atom. The van der Waals surface area contributed by atoms with Gasteiger partial charge >= 0.3 is 0 Å². The maximum absolute atomic E-state index is 5.31. The fraction of sp³-hybridized carbons (Fsp3) is 1.00. The first kappa shape index (κ1) is 7.86. The highest BCUT2D eigenvalue weighted by molar-refractivity contribution is 8.23. The molecule has 7 heavy (non-hydrogen) atoms. The molecule has 0 aromatic carbocycles. The average Bonchev–Trinajstić information content (AvgIpc) is 1.30. The predicted molar refractivity (Wildman–Crippen MR) is 36.0 cm³/mol. The Labute approximate surface area is 52.9 Å². The lowest BCUT2D eigenvalue weighted by atomic mass is 10.9. The molecule has 0 bridgehead atoms. The van der Waals surface area contributed by atoms with Crippen LogP contribution in [0.5, 0.6) is 0 Å². The van der Waals surface area contributed by atoms with Crippen LogP contribution in [-0.2, 0) is 16.3 Å². The van der Waals surface area contributed by atoms with E-state index in [1.54, 1.807) is 6.92 Å². The molecule has 1 unspecified atom stereocenters. The number of rotatable bonds is 2. The smallest absolute Gasteiger partial charge is 0.216 e. The summed E-state index contributed by atoms with van der Waals surface area (Å²) in [5.74, 6) is -2.36. The molecule has 0 fully saturated rings. The summed E-state index contributed by atoms with van der Waals surface area (Å²) in [7, 11) is 0. The van der Waals surface area contributed by atoms with Crippen LogP contribution in [0.1, 0.15) is 6.92 Å². The van der Waals surface area contributed by atoms with Gasteiger partial charge in [-0.05, 0) is 30.0 Å². The minimum Gasteiger partial charge on any atom is -0.327 e. The minimum atomic E-state index is -2.36. The number of hydrogen-bond donors (Lipinski definition) is 1. The van der Waals surface area contributed by atoms with E-state index in [9.17, 15) is 0 Å². The first-order valence-electron chi connectivity index (χ1n) is 1.79. The summed E-state index contributed by atoms with van der Waals surface area (Å²) in [6.07, 6.45) is 0. The first-order valence-corrected chi connectivity index (χ1v) is 5.48. The zero-order chi connectivity index (χ0) is 5.91. The highest BCUT2D eigenvalue weighted by Crippen LogP contribution is 2.43. The SMILES string of the molecule is CCOP(N)(=S)Cl. The molecule has 0 aliphatic heterocycles. The van der Waals surface area contributed by atoms with Gasteiger partial charge < -0.3 is 4.52 Å². The highest BCUT2D eigenvalue weighted by Gasteiger charge is 2.00. The monoisotopic (exact) mass is 159 g/mol. The summed E-state index contributed by atoms with van der Waals surface area (Å²) in [4.78, 5) is 0. The third-order valence-electron chi connectivity index (χ3n) is 0.305. The predicted octanol–water partition coefficient (Wildman–Crippen LogP) is 1.44. The molecule has 2 N–H and O–H groups in total. The van der Waals surface area contributed by atoms with Crippen molar-refractivity contribution in [2.75, 3.05) is 6.61 Å². The highest BCUT2D eigenvalue weighted by atomic mass is 35.7. The van der Waals surface area contributed by atoms with Gasteiger partial charge in [0.05, 0.1) is 6.61 Å². The summed E-state index contributed by atoms with van der Waals surface area (Å²) < 4.78 is 4.70. The summed E-state index contributed by atoms with van der Waals surface area (Å²) in [6.45, 7) is 2.30. The van der Waals surface area contributed by atoms with Gasteiger partial charge in [-0.3, -0.25) is 5.50 Å². The maximum Gasteiger partial charge on any atom is 0.216 e. The van der Waals surface area contributed by atoms with Gasteiger partial charge in [0.15, 0.2) is 0 Å². The van der Waals surface area contributed by atoms with Crippen molar-refractivity contribution in [1.82, 2.24) is 0 Å². The van der Waals surface area contributed by atoms with Crippen LogP contribution in [0.15, 0.2) is 0 Å². The largest absolute Gasteiger partial charge is 0.327 e. The van der Waals surface area contributed by atoms with E-state index in [2.05, 4.69) is 11.8 Å². The standard InChI is InChI=1S/C2H7ClNOPS/c1-2-5-6(3,4)7/h2H2,1H3,(H2,4,7). The third kappa shape index (κ3) is 6.86. The molecule has 0 saturated heterocycles.